The van der Waals surface area contributed by atoms with Gasteiger partial charge in [-0.15, -0.1) is 0 Å². The highest BCUT2D eigenvalue weighted by molar-refractivity contribution is 5.98. The van der Waals surface area contributed by atoms with Crippen molar-refractivity contribution in [2.75, 3.05) is 5.73 Å². The van der Waals surface area contributed by atoms with Gasteiger partial charge in [0.2, 0.25) is 11.8 Å². The van der Waals surface area contributed by atoms with Crippen molar-refractivity contribution in [2.24, 2.45) is 12.8 Å². The molecular weight excluding hydrogens is 234 g/mol. The number of nitrogen functional groups attached to an aromatic ring is 1. The van der Waals surface area contributed by atoms with E-state index in [-0.39, 0.29) is 17.1 Å². The lowest BCUT2D eigenvalue weighted by atomic mass is 10.2. The second kappa shape index (κ2) is 4.36. The highest BCUT2D eigenvalue weighted by Crippen LogP contribution is 2.22. The first-order valence-electron chi connectivity index (χ1n) is 5.21. The molecule has 7 heteroatoms. The van der Waals surface area contributed by atoms with E-state index in [0.717, 1.165) is 5.69 Å². The molecule has 0 aliphatic heterocycles. The number of nitrogens with two attached hydrogens (primary N) is 2. The second-order valence-corrected chi connectivity index (χ2v) is 3.82. The van der Waals surface area contributed by atoms with E-state index in [1.54, 1.807) is 17.8 Å². The molecule has 0 unspecified atom stereocenters. The molecule has 0 bridgehead atoms. The van der Waals surface area contributed by atoms with Crippen LogP contribution >= 0.6 is 0 Å². The van der Waals surface area contributed by atoms with Gasteiger partial charge >= 0.3 is 0 Å². The van der Waals surface area contributed by atoms with Crippen LogP contribution in [0.4, 0.5) is 5.69 Å². The normalized spacial score (nSPS) is 10.3. The molecule has 18 heavy (non-hydrogen) atoms. The molecule has 0 spiro atoms. The molecule has 0 radical (unpaired) electrons. The van der Waals surface area contributed by atoms with Gasteiger partial charge in [-0.2, -0.15) is 5.10 Å². The first-order chi connectivity index (χ1) is 8.47. The number of carbonyl (C=O) groups excluding carboxylic acids is 1. The lowest BCUT2D eigenvalue weighted by molar-refractivity contribution is 0.100. The standard InChI is InChI=1S/C11H13N5O2/c1-6-3-10(16(2)15-6)18-9-4-7(11(13)17)8(12)5-14-9/h3-5H,12H2,1-2H3,(H2,13,17). The van der Waals surface area contributed by atoms with Crippen LogP contribution in [0.25, 0.3) is 0 Å². The quantitative estimate of drug-likeness (QED) is 0.825. The van der Waals surface area contributed by atoms with Crippen LogP contribution in [0.3, 0.4) is 0 Å². The summed E-state index contributed by atoms with van der Waals surface area (Å²) in [6.45, 7) is 1.85. The molecule has 94 valence electrons. The minimum Gasteiger partial charge on any atom is -0.421 e. The number of hydrogen-bond donors (Lipinski definition) is 2. The molecule has 7 nitrogen and oxygen atoms in total. The van der Waals surface area contributed by atoms with Crippen LogP contribution < -0.4 is 16.2 Å². The summed E-state index contributed by atoms with van der Waals surface area (Å²) in [6, 6.07) is 3.15. The van der Waals surface area contributed by atoms with Gasteiger partial charge in [-0.3, -0.25) is 4.79 Å². The van der Waals surface area contributed by atoms with E-state index in [2.05, 4.69) is 10.1 Å². The second-order valence-electron chi connectivity index (χ2n) is 3.82. The summed E-state index contributed by atoms with van der Waals surface area (Å²) in [5, 5.41) is 4.13. The van der Waals surface area contributed by atoms with Crippen molar-refractivity contribution >= 4 is 11.6 Å². The van der Waals surface area contributed by atoms with Crippen LogP contribution in [0.5, 0.6) is 11.8 Å². The number of anilines is 1. The first kappa shape index (κ1) is 11.9. The third kappa shape index (κ3) is 2.24. The van der Waals surface area contributed by atoms with Gasteiger partial charge < -0.3 is 16.2 Å². The molecule has 0 saturated heterocycles. The van der Waals surface area contributed by atoms with Crippen molar-refractivity contribution in [3.05, 3.63) is 29.6 Å². The Morgan fingerprint density at radius 3 is 2.72 bits per heavy atom. The fourth-order valence-electron chi connectivity index (χ4n) is 1.51. The summed E-state index contributed by atoms with van der Waals surface area (Å²) < 4.78 is 7.07. The van der Waals surface area contributed by atoms with E-state index < -0.39 is 5.91 Å². The molecule has 2 heterocycles. The largest absolute Gasteiger partial charge is 0.421 e. The number of amides is 1. The fraction of sp³-hybridized carbons (Fsp3) is 0.182. The fourth-order valence-corrected chi connectivity index (χ4v) is 1.51. The Hall–Kier alpha value is -2.57. The zero-order valence-electron chi connectivity index (χ0n) is 10.0. The van der Waals surface area contributed by atoms with Gasteiger partial charge in [0.15, 0.2) is 0 Å². The van der Waals surface area contributed by atoms with E-state index in [4.69, 9.17) is 16.2 Å². The average Bonchev–Trinajstić information content (AvgIpc) is 2.60. The maximum Gasteiger partial charge on any atom is 0.251 e. The van der Waals surface area contributed by atoms with Crippen molar-refractivity contribution in [1.82, 2.24) is 14.8 Å². The Morgan fingerprint density at radius 2 is 2.17 bits per heavy atom. The predicted octanol–water partition coefficient (Wildman–Crippen LogP) is 0.597. The van der Waals surface area contributed by atoms with E-state index in [0.29, 0.717) is 5.88 Å². The maximum atomic E-state index is 11.1. The number of nitrogens with zero attached hydrogens (tertiary/aromatic N) is 3. The summed E-state index contributed by atoms with van der Waals surface area (Å²) in [7, 11) is 1.74. The van der Waals surface area contributed by atoms with Crippen molar-refractivity contribution in [3.63, 3.8) is 0 Å². The van der Waals surface area contributed by atoms with Gasteiger partial charge in [-0.25, -0.2) is 9.67 Å². The summed E-state index contributed by atoms with van der Waals surface area (Å²) in [5.41, 5.74) is 12.0. The predicted molar refractivity (Wildman–Crippen MR) is 65.2 cm³/mol. The number of carbonyl (C=O) groups is 1. The average molecular weight is 247 g/mol. The molecule has 2 aromatic rings. The molecule has 1 amide bonds. The summed E-state index contributed by atoms with van der Waals surface area (Å²) >= 11 is 0. The lowest BCUT2D eigenvalue weighted by Crippen LogP contribution is -2.14. The molecule has 4 N–H and O–H groups in total. The molecule has 0 aromatic carbocycles. The zero-order chi connectivity index (χ0) is 13.3. The maximum absolute atomic E-state index is 11.1. The summed E-state index contributed by atoms with van der Waals surface area (Å²) in [4.78, 5) is 15.1. The minimum absolute atomic E-state index is 0.180. The summed E-state index contributed by atoms with van der Waals surface area (Å²) in [5.74, 6) is 0.127. The van der Waals surface area contributed by atoms with Gasteiger partial charge in [0.1, 0.15) is 0 Å². The number of aromatic nitrogens is 3. The molecule has 0 atom stereocenters. The molecule has 0 aliphatic carbocycles. The van der Waals surface area contributed by atoms with E-state index in [1.165, 1.54) is 12.3 Å². The third-order valence-corrected chi connectivity index (χ3v) is 2.34. The Bertz CT molecular complexity index is 605. The van der Waals surface area contributed by atoms with Crippen molar-refractivity contribution in [2.45, 2.75) is 6.92 Å². The number of pyridine rings is 1. The Labute approximate surface area is 103 Å². The molecular formula is C11H13N5O2. The Balaban J connectivity index is 2.32. The van der Waals surface area contributed by atoms with E-state index in [1.807, 2.05) is 6.92 Å². The Kier molecular flexibility index (Phi) is 2.88. The molecule has 2 rings (SSSR count). The SMILES string of the molecule is Cc1cc(Oc2cc(C(N)=O)c(N)cn2)n(C)n1. The van der Waals surface area contributed by atoms with Crippen LogP contribution in [0.15, 0.2) is 18.3 Å². The summed E-state index contributed by atoms with van der Waals surface area (Å²) in [6.07, 6.45) is 1.33. The molecule has 0 saturated carbocycles. The van der Waals surface area contributed by atoms with E-state index >= 15 is 0 Å². The Morgan fingerprint density at radius 1 is 1.44 bits per heavy atom. The zero-order valence-corrected chi connectivity index (χ0v) is 10.0. The molecule has 2 aromatic heterocycles. The van der Waals surface area contributed by atoms with Crippen LogP contribution in [0, 0.1) is 6.92 Å². The van der Waals surface area contributed by atoms with Crippen LogP contribution in [-0.4, -0.2) is 20.7 Å². The molecule has 0 aliphatic rings. The molecule has 0 fully saturated rings. The number of aryl methyl sites for hydroxylation is 2. The minimum atomic E-state index is -0.624. The van der Waals surface area contributed by atoms with Crippen LogP contribution in [0.2, 0.25) is 0 Å². The highest BCUT2D eigenvalue weighted by atomic mass is 16.5. The highest BCUT2D eigenvalue weighted by Gasteiger charge is 2.11. The van der Waals surface area contributed by atoms with Crippen molar-refractivity contribution < 1.29 is 9.53 Å². The van der Waals surface area contributed by atoms with Gasteiger partial charge in [-0.1, -0.05) is 0 Å². The van der Waals surface area contributed by atoms with E-state index in [9.17, 15) is 4.79 Å². The number of ether oxygens (including phenoxy) is 1. The van der Waals surface area contributed by atoms with Crippen LogP contribution in [0.1, 0.15) is 16.1 Å². The van der Waals surface area contributed by atoms with Crippen molar-refractivity contribution in [3.8, 4) is 11.8 Å². The van der Waals surface area contributed by atoms with Gasteiger partial charge in [0.25, 0.3) is 5.91 Å². The van der Waals surface area contributed by atoms with Crippen LogP contribution in [-0.2, 0) is 7.05 Å². The van der Waals surface area contributed by atoms with Crippen molar-refractivity contribution in [1.29, 1.82) is 0 Å². The smallest absolute Gasteiger partial charge is 0.251 e. The lowest BCUT2D eigenvalue weighted by Gasteiger charge is -2.06. The third-order valence-electron chi connectivity index (χ3n) is 2.34. The monoisotopic (exact) mass is 247 g/mol. The number of rotatable bonds is 3. The van der Waals surface area contributed by atoms with Gasteiger partial charge in [-0.05, 0) is 6.92 Å². The number of hydrogen-bond acceptors (Lipinski definition) is 5. The number of primary amides is 1. The topological polar surface area (TPSA) is 109 Å². The van der Waals surface area contributed by atoms with Gasteiger partial charge in [0.05, 0.1) is 23.1 Å². The first-order valence-corrected chi connectivity index (χ1v) is 5.21. The van der Waals surface area contributed by atoms with Gasteiger partial charge in [0, 0.05) is 19.2 Å².